The highest BCUT2D eigenvalue weighted by Crippen LogP contribution is 2.24. The van der Waals surface area contributed by atoms with Gasteiger partial charge in [0.05, 0.1) is 6.54 Å². The van der Waals surface area contributed by atoms with Crippen LogP contribution in [0.5, 0.6) is 0 Å². The number of carbonyl (C=O) groups is 3. The molecule has 0 aromatic heterocycles. The molecule has 3 N–H and O–H groups in total. The van der Waals surface area contributed by atoms with E-state index < -0.39 is 22.3 Å². The third-order valence-corrected chi connectivity index (χ3v) is 7.96. The van der Waals surface area contributed by atoms with Crippen molar-refractivity contribution in [1.29, 1.82) is 0 Å². The predicted molar refractivity (Wildman–Crippen MR) is 117 cm³/mol. The Hall–Kier alpha value is -2.66. The molecule has 11 heteroatoms. The molecule has 0 atom stereocenters. The second-order valence-electron chi connectivity index (χ2n) is 8.62. The maximum Gasteiger partial charge on any atom is 0.329 e. The van der Waals surface area contributed by atoms with Crippen LogP contribution in [0.4, 0.5) is 9.59 Å². The maximum absolute atomic E-state index is 12.4. The van der Waals surface area contributed by atoms with Crippen molar-refractivity contribution in [3.8, 4) is 0 Å². The number of hydrogen-bond acceptors (Lipinski definition) is 5. The Balaban J connectivity index is 1.16. The molecular weight excluding hydrogens is 434 g/mol. The normalized spacial score (nSPS) is 19.9. The highest BCUT2D eigenvalue weighted by Gasteiger charge is 2.32. The summed E-state index contributed by atoms with van der Waals surface area (Å²) in [5, 5.41) is 5.47. The van der Waals surface area contributed by atoms with Crippen LogP contribution in [0, 0.1) is 5.92 Å². The van der Waals surface area contributed by atoms with Crippen molar-refractivity contribution in [3.63, 3.8) is 0 Å². The number of benzene rings is 1. The zero-order valence-corrected chi connectivity index (χ0v) is 18.7. The summed E-state index contributed by atoms with van der Waals surface area (Å²) in [4.78, 5) is 37.9. The van der Waals surface area contributed by atoms with Gasteiger partial charge in [0.15, 0.2) is 0 Å². The largest absolute Gasteiger partial charge is 0.338 e. The van der Waals surface area contributed by atoms with Crippen LogP contribution < -0.4 is 15.4 Å². The minimum atomic E-state index is -3.86. The van der Waals surface area contributed by atoms with Gasteiger partial charge in [-0.1, -0.05) is 18.2 Å². The average Bonchev–Trinajstić information content (AvgIpc) is 3.08. The Kier molecular flexibility index (Phi) is 6.66. The molecule has 0 radical (unpaired) electrons. The topological polar surface area (TPSA) is 128 Å². The number of urea groups is 2. The van der Waals surface area contributed by atoms with Crippen LogP contribution in [0.2, 0.25) is 0 Å². The van der Waals surface area contributed by atoms with E-state index >= 15 is 0 Å². The Morgan fingerprint density at radius 3 is 2.44 bits per heavy atom. The van der Waals surface area contributed by atoms with Gasteiger partial charge in [-0.15, -0.1) is 0 Å². The van der Waals surface area contributed by atoms with E-state index in [2.05, 4.69) is 15.4 Å². The maximum atomic E-state index is 12.4. The van der Waals surface area contributed by atoms with Crippen LogP contribution in [0.15, 0.2) is 24.3 Å². The van der Waals surface area contributed by atoms with Crippen molar-refractivity contribution in [2.24, 2.45) is 5.92 Å². The summed E-state index contributed by atoms with van der Waals surface area (Å²) in [7, 11) is -3.86. The second kappa shape index (κ2) is 9.45. The number of piperidine rings is 1. The fourth-order valence-corrected chi connectivity index (χ4v) is 5.40. The number of imide groups is 1. The Morgan fingerprint density at radius 1 is 1.06 bits per heavy atom. The van der Waals surface area contributed by atoms with Crippen LogP contribution in [-0.4, -0.2) is 61.3 Å². The fourth-order valence-electron chi connectivity index (χ4n) is 4.28. The van der Waals surface area contributed by atoms with Crippen LogP contribution in [-0.2, 0) is 16.8 Å². The Morgan fingerprint density at radius 2 is 1.78 bits per heavy atom. The first-order valence-corrected chi connectivity index (χ1v) is 12.5. The summed E-state index contributed by atoms with van der Waals surface area (Å²) < 4.78 is 28.2. The minimum absolute atomic E-state index is 0.0659. The molecule has 32 heavy (non-hydrogen) atoms. The van der Waals surface area contributed by atoms with Gasteiger partial charge >= 0.3 is 22.3 Å². The molecule has 0 unspecified atom stereocenters. The summed E-state index contributed by atoms with van der Waals surface area (Å²) in [5.41, 5.74) is 1.41. The Bertz CT molecular complexity index is 986. The number of nitrogens with zero attached hydrogens (tertiary/aromatic N) is 2. The van der Waals surface area contributed by atoms with Gasteiger partial charge in [0.1, 0.15) is 0 Å². The average molecular weight is 464 g/mol. The molecule has 1 saturated heterocycles. The number of carbonyl (C=O) groups excluding carboxylic acids is 3. The molecule has 2 heterocycles. The van der Waals surface area contributed by atoms with Gasteiger partial charge in [0, 0.05) is 31.2 Å². The van der Waals surface area contributed by atoms with E-state index in [-0.39, 0.29) is 24.4 Å². The molecule has 3 aliphatic rings. The lowest BCUT2D eigenvalue weighted by atomic mass is 9.93. The van der Waals surface area contributed by atoms with Crippen LogP contribution in [0.1, 0.15) is 54.4 Å². The summed E-state index contributed by atoms with van der Waals surface area (Å²) in [5.74, 6) is -0.0255. The SMILES string of the molecule is O=C(NC1CCC1)NS(=O)(=O)N1CCC(CCNC(=O)N2Cc3ccccc3C2=O)CC1. The van der Waals surface area contributed by atoms with Gasteiger partial charge in [0.25, 0.3) is 5.91 Å². The summed E-state index contributed by atoms with van der Waals surface area (Å²) >= 11 is 0. The van der Waals surface area contributed by atoms with Crippen LogP contribution >= 0.6 is 0 Å². The van der Waals surface area contributed by atoms with E-state index in [4.69, 9.17) is 0 Å². The van der Waals surface area contributed by atoms with E-state index in [0.29, 0.717) is 44.5 Å². The first-order valence-electron chi connectivity index (χ1n) is 11.1. The van der Waals surface area contributed by atoms with Gasteiger partial charge in [-0.05, 0) is 56.1 Å². The van der Waals surface area contributed by atoms with Crippen molar-refractivity contribution in [2.75, 3.05) is 19.6 Å². The van der Waals surface area contributed by atoms with Crippen molar-refractivity contribution in [3.05, 3.63) is 35.4 Å². The molecule has 1 aromatic rings. The monoisotopic (exact) mass is 463 g/mol. The van der Waals surface area contributed by atoms with Crippen LogP contribution in [0.25, 0.3) is 0 Å². The molecule has 10 nitrogen and oxygen atoms in total. The van der Waals surface area contributed by atoms with Gasteiger partial charge in [-0.3, -0.25) is 9.69 Å². The van der Waals surface area contributed by atoms with Crippen molar-refractivity contribution >= 4 is 28.2 Å². The molecule has 0 bridgehead atoms. The number of fused-ring (bicyclic) bond motifs is 1. The molecule has 4 rings (SSSR count). The number of amides is 5. The molecule has 0 spiro atoms. The lowest BCUT2D eigenvalue weighted by molar-refractivity contribution is 0.0820. The minimum Gasteiger partial charge on any atom is -0.338 e. The van der Waals surface area contributed by atoms with Crippen molar-refractivity contribution in [1.82, 2.24) is 24.6 Å². The summed E-state index contributed by atoms with van der Waals surface area (Å²) in [6.45, 7) is 1.34. The van der Waals surface area contributed by atoms with Crippen molar-refractivity contribution in [2.45, 2.75) is 51.1 Å². The lowest BCUT2D eigenvalue weighted by Crippen LogP contribution is -2.52. The van der Waals surface area contributed by atoms with E-state index in [1.165, 1.54) is 9.21 Å². The molecule has 1 aromatic carbocycles. The zero-order chi connectivity index (χ0) is 22.7. The molecule has 1 aliphatic carbocycles. The zero-order valence-electron chi connectivity index (χ0n) is 17.9. The number of hydrogen-bond donors (Lipinski definition) is 3. The summed E-state index contributed by atoms with van der Waals surface area (Å²) in [6.07, 6.45) is 4.81. The van der Waals surface area contributed by atoms with Crippen LogP contribution in [0.3, 0.4) is 0 Å². The second-order valence-corrected chi connectivity index (χ2v) is 10.3. The van der Waals surface area contributed by atoms with Crippen molar-refractivity contribution < 1.29 is 22.8 Å². The highest BCUT2D eigenvalue weighted by atomic mass is 32.2. The van der Waals surface area contributed by atoms with Gasteiger partial charge in [0.2, 0.25) is 0 Å². The van der Waals surface area contributed by atoms with Gasteiger partial charge in [-0.25, -0.2) is 14.3 Å². The quantitative estimate of drug-likeness (QED) is 0.590. The van der Waals surface area contributed by atoms with E-state index in [1.54, 1.807) is 12.1 Å². The predicted octanol–water partition coefficient (Wildman–Crippen LogP) is 1.55. The standard InChI is InChI=1S/C21H29N5O5S/c27-19-18-7-2-1-4-16(18)14-26(19)21(29)22-11-8-15-9-12-25(13-10-15)32(30,31)24-20(28)23-17-5-3-6-17/h1-2,4,7,15,17H,3,5-6,8-14H2,(H,22,29)(H2,23,24,28). The molecule has 174 valence electrons. The van der Waals surface area contributed by atoms with Gasteiger partial charge in [-0.2, -0.15) is 12.7 Å². The fraction of sp³-hybridized carbons (Fsp3) is 0.571. The van der Waals surface area contributed by atoms with Gasteiger partial charge < -0.3 is 10.6 Å². The summed E-state index contributed by atoms with van der Waals surface area (Å²) in [6, 6.07) is 6.17. The molecule has 1 saturated carbocycles. The van der Waals surface area contributed by atoms with E-state index in [9.17, 15) is 22.8 Å². The smallest absolute Gasteiger partial charge is 0.329 e. The third kappa shape index (κ3) is 5.04. The Labute approximate surface area is 187 Å². The highest BCUT2D eigenvalue weighted by molar-refractivity contribution is 7.87. The molecular formula is C21H29N5O5S. The van der Waals surface area contributed by atoms with E-state index in [1.807, 2.05) is 12.1 Å². The first-order chi connectivity index (χ1) is 15.3. The number of rotatable bonds is 6. The molecule has 2 fully saturated rings. The molecule has 2 aliphatic heterocycles. The first kappa shape index (κ1) is 22.5. The lowest BCUT2D eigenvalue weighted by Gasteiger charge is -2.32. The van der Waals surface area contributed by atoms with E-state index in [0.717, 1.165) is 24.8 Å². The molecule has 5 amide bonds. The number of nitrogens with one attached hydrogen (secondary N) is 3. The third-order valence-electron chi connectivity index (χ3n) is 6.47.